The number of nitro benzene ring substituents is 1. The fourth-order valence-corrected chi connectivity index (χ4v) is 2.52. The molecule has 0 aromatic heterocycles. The van der Waals surface area contributed by atoms with Gasteiger partial charge in [0, 0.05) is 38.2 Å². The number of alkyl carbamates (subject to hydrolysis) is 1. The molecule has 0 spiro atoms. The molecule has 11 heteroatoms. The summed E-state index contributed by atoms with van der Waals surface area (Å²) in [6, 6.07) is 3.51. The molecule has 2 rings (SSSR count). The number of imide groups is 1. The van der Waals surface area contributed by atoms with Crippen molar-refractivity contribution in [3.63, 3.8) is 0 Å². The molecule has 0 unspecified atom stereocenters. The average Bonchev–Trinajstić information content (AvgIpc) is 2.89. The zero-order valence-electron chi connectivity index (χ0n) is 14.5. The van der Waals surface area contributed by atoms with E-state index in [-0.39, 0.29) is 55.2 Å². The molecule has 0 aliphatic carbocycles. The molecule has 27 heavy (non-hydrogen) atoms. The fraction of sp³-hybridized carbons (Fsp3) is 0.375. The summed E-state index contributed by atoms with van der Waals surface area (Å²) >= 11 is 0. The second-order valence-corrected chi connectivity index (χ2v) is 5.62. The predicted molar refractivity (Wildman–Crippen MR) is 91.1 cm³/mol. The number of carbonyl (C=O) groups excluding carboxylic acids is 4. The van der Waals surface area contributed by atoms with Crippen LogP contribution in [0.4, 0.5) is 10.5 Å². The van der Waals surface area contributed by atoms with Gasteiger partial charge in [0.05, 0.1) is 23.2 Å². The number of amides is 4. The highest BCUT2D eigenvalue weighted by Crippen LogP contribution is 2.26. The van der Waals surface area contributed by atoms with Crippen LogP contribution < -0.4 is 10.6 Å². The van der Waals surface area contributed by atoms with E-state index in [2.05, 4.69) is 15.4 Å². The summed E-state index contributed by atoms with van der Waals surface area (Å²) in [5.41, 5.74) is -0.159. The van der Waals surface area contributed by atoms with Crippen molar-refractivity contribution >= 4 is 29.5 Å². The number of methoxy groups -OCH3 is 1. The second kappa shape index (κ2) is 8.74. The van der Waals surface area contributed by atoms with Gasteiger partial charge in [-0.2, -0.15) is 0 Å². The third-order valence-electron chi connectivity index (χ3n) is 3.85. The summed E-state index contributed by atoms with van der Waals surface area (Å²) in [7, 11) is 1.23. The molecule has 4 amide bonds. The summed E-state index contributed by atoms with van der Waals surface area (Å²) in [5, 5.41) is 15.8. The lowest BCUT2D eigenvalue weighted by Crippen LogP contribution is -2.35. The molecule has 0 saturated carbocycles. The maximum Gasteiger partial charge on any atom is 0.406 e. The van der Waals surface area contributed by atoms with Gasteiger partial charge < -0.3 is 15.4 Å². The van der Waals surface area contributed by atoms with Crippen LogP contribution in [0.3, 0.4) is 0 Å². The monoisotopic (exact) mass is 378 g/mol. The Hall–Kier alpha value is -3.50. The Morgan fingerprint density at radius 3 is 2.48 bits per heavy atom. The zero-order chi connectivity index (χ0) is 20.0. The van der Waals surface area contributed by atoms with Crippen molar-refractivity contribution in [3.05, 3.63) is 39.4 Å². The molecule has 0 bridgehead atoms. The molecule has 144 valence electrons. The molecule has 11 nitrogen and oxygen atoms in total. The van der Waals surface area contributed by atoms with Gasteiger partial charge in [-0.15, -0.1) is 0 Å². The molecule has 1 aliphatic heterocycles. The molecule has 1 aromatic rings. The van der Waals surface area contributed by atoms with Crippen LogP contribution >= 0.6 is 0 Å². The lowest BCUT2D eigenvalue weighted by molar-refractivity contribution is -0.384. The number of nitrogens with one attached hydrogen (secondary N) is 2. The zero-order valence-corrected chi connectivity index (χ0v) is 14.5. The summed E-state index contributed by atoms with van der Waals surface area (Å²) < 4.78 is 4.38. The summed E-state index contributed by atoms with van der Waals surface area (Å²) in [6.45, 7) is 0.439. The lowest BCUT2D eigenvalue weighted by atomic mass is 10.1. The van der Waals surface area contributed by atoms with Crippen LogP contribution in [0.2, 0.25) is 0 Å². The van der Waals surface area contributed by atoms with Gasteiger partial charge in [0.2, 0.25) is 5.91 Å². The Labute approximate surface area is 153 Å². The number of fused-ring (bicyclic) bond motifs is 1. The quantitative estimate of drug-likeness (QED) is 0.289. The third-order valence-corrected chi connectivity index (χ3v) is 3.85. The molecular weight excluding hydrogens is 360 g/mol. The van der Waals surface area contributed by atoms with E-state index in [0.717, 1.165) is 11.0 Å². The van der Waals surface area contributed by atoms with Crippen molar-refractivity contribution in [2.24, 2.45) is 0 Å². The minimum atomic E-state index is -0.639. The predicted octanol–water partition coefficient (Wildman–Crippen LogP) is 0.443. The highest BCUT2D eigenvalue weighted by Gasteiger charge is 2.36. The number of nitrogens with zero attached hydrogens (tertiary/aromatic N) is 2. The van der Waals surface area contributed by atoms with E-state index in [4.69, 9.17) is 0 Å². The van der Waals surface area contributed by atoms with E-state index in [1.807, 2.05) is 0 Å². The summed E-state index contributed by atoms with van der Waals surface area (Å²) in [5.74, 6) is -1.44. The normalized spacial score (nSPS) is 12.6. The summed E-state index contributed by atoms with van der Waals surface area (Å²) in [4.78, 5) is 58.2. The van der Waals surface area contributed by atoms with Gasteiger partial charge in [-0.25, -0.2) is 4.79 Å². The number of ether oxygens (including phenoxy) is 1. The second-order valence-electron chi connectivity index (χ2n) is 5.62. The molecule has 0 atom stereocenters. The van der Waals surface area contributed by atoms with Gasteiger partial charge >= 0.3 is 6.09 Å². The number of rotatable bonds is 8. The molecule has 1 heterocycles. The van der Waals surface area contributed by atoms with Crippen LogP contribution in [0.25, 0.3) is 0 Å². The van der Waals surface area contributed by atoms with E-state index in [9.17, 15) is 29.3 Å². The largest absolute Gasteiger partial charge is 0.453 e. The number of hydrogen-bond acceptors (Lipinski definition) is 7. The number of carbonyl (C=O) groups is 4. The number of hydrogen-bond donors (Lipinski definition) is 2. The first-order valence-electron chi connectivity index (χ1n) is 8.08. The van der Waals surface area contributed by atoms with Gasteiger partial charge in [-0.3, -0.25) is 29.4 Å². The molecule has 0 fully saturated rings. The number of nitro groups is 1. The molecule has 2 N–H and O–H groups in total. The van der Waals surface area contributed by atoms with E-state index < -0.39 is 22.8 Å². The first-order valence-corrected chi connectivity index (χ1v) is 8.08. The Balaban J connectivity index is 1.80. The van der Waals surface area contributed by atoms with E-state index in [1.54, 1.807) is 0 Å². The van der Waals surface area contributed by atoms with Gasteiger partial charge in [-0.05, 0) is 12.5 Å². The highest BCUT2D eigenvalue weighted by atomic mass is 16.6. The highest BCUT2D eigenvalue weighted by molar-refractivity contribution is 6.21. The Kier molecular flexibility index (Phi) is 6.41. The molecular formula is C16H18N4O7. The van der Waals surface area contributed by atoms with Gasteiger partial charge in [0.25, 0.3) is 17.5 Å². The molecule has 1 aliphatic rings. The van der Waals surface area contributed by atoms with Crippen molar-refractivity contribution < 1.29 is 28.8 Å². The molecule has 1 aromatic carbocycles. The van der Waals surface area contributed by atoms with Gasteiger partial charge in [-0.1, -0.05) is 0 Å². The van der Waals surface area contributed by atoms with E-state index >= 15 is 0 Å². The van der Waals surface area contributed by atoms with E-state index in [0.29, 0.717) is 0 Å². The van der Waals surface area contributed by atoms with Crippen LogP contribution in [0, 0.1) is 10.1 Å². The molecule has 0 radical (unpaired) electrons. The maximum absolute atomic E-state index is 12.3. The average molecular weight is 378 g/mol. The van der Waals surface area contributed by atoms with Crippen LogP contribution in [-0.4, -0.2) is 60.4 Å². The fourth-order valence-electron chi connectivity index (χ4n) is 2.52. The first kappa shape index (κ1) is 19.8. The SMILES string of the molecule is COC(=O)NCCNC(=O)CCCN1C(=O)c2ccc([N+](=O)[O-])cc2C1=O. The Bertz CT molecular complexity index is 793. The summed E-state index contributed by atoms with van der Waals surface area (Å²) in [6.07, 6.45) is -0.287. The minimum absolute atomic E-state index is 0.00691. The van der Waals surface area contributed by atoms with Crippen LogP contribution in [-0.2, 0) is 9.53 Å². The van der Waals surface area contributed by atoms with Gasteiger partial charge in [0.1, 0.15) is 0 Å². The minimum Gasteiger partial charge on any atom is -0.453 e. The van der Waals surface area contributed by atoms with Crippen molar-refractivity contribution in [1.29, 1.82) is 0 Å². The Morgan fingerprint density at radius 2 is 1.81 bits per heavy atom. The first-order chi connectivity index (χ1) is 12.8. The van der Waals surface area contributed by atoms with E-state index in [1.165, 1.54) is 19.2 Å². The topological polar surface area (TPSA) is 148 Å². The third kappa shape index (κ3) is 4.77. The van der Waals surface area contributed by atoms with Crippen molar-refractivity contribution in [1.82, 2.24) is 15.5 Å². The van der Waals surface area contributed by atoms with Gasteiger partial charge in [0.15, 0.2) is 0 Å². The van der Waals surface area contributed by atoms with Crippen molar-refractivity contribution in [2.75, 3.05) is 26.7 Å². The van der Waals surface area contributed by atoms with Crippen LogP contribution in [0.5, 0.6) is 0 Å². The lowest BCUT2D eigenvalue weighted by Gasteiger charge is -2.13. The molecule has 0 saturated heterocycles. The van der Waals surface area contributed by atoms with Crippen LogP contribution in [0.15, 0.2) is 18.2 Å². The van der Waals surface area contributed by atoms with Crippen molar-refractivity contribution in [3.8, 4) is 0 Å². The van der Waals surface area contributed by atoms with Crippen molar-refractivity contribution in [2.45, 2.75) is 12.8 Å². The standard InChI is InChI=1S/C16H18N4O7/c1-27-16(24)18-7-6-17-13(21)3-2-8-19-14(22)11-5-4-10(20(25)26)9-12(11)15(19)23/h4-5,9H,2-3,6-8H2,1H3,(H,17,21)(H,18,24). The maximum atomic E-state index is 12.3. The number of benzene rings is 1. The van der Waals surface area contributed by atoms with Crippen LogP contribution in [0.1, 0.15) is 33.6 Å². The smallest absolute Gasteiger partial charge is 0.406 e. The Morgan fingerprint density at radius 1 is 1.15 bits per heavy atom. The number of non-ortho nitro benzene ring substituents is 1.